The second kappa shape index (κ2) is 12.9. The minimum atomic E-state index is -1.80. The van der Waals surface area contributed by atoms with Crippen LogP contribution in [0.1, 0.15) is 106 Å². The Hall–Kier alpha value is -2.78. The third-order valence-electron chi connectivity index (χ3n) is 17.8. The van der Waals surface area contributed by atoms with Crippen LogP contribution in [0.15, 0.2) is 59.8 Å². The third kappa shape index (κ3) is 5.00. The van der Waals surface area contributed by atoms with Gasteiger partial charge in [-0.2, -0.15) is 0 Å². The van der Waals surface area contributed by atoms with E-state index in [4.69, 9.17) is 0 Å². The molecule has 8 rings (SSSR count). The van der Waals surface area contributed by atoms with Crippen LogP contribution in [-0.4, -0.2) is 68.0 Å². The van der Waals surface area contributed by atoms with Gasteiger partial charge in [-0.3, -0.25) is 19.2 Å². The summed E-state index contributed by atoms with van der Waals surface area (Å²) in [5, 5.41) is 43.4. The standard InChI is InChI=1S/C24H34O3.C22H28O5/c1-6-20(27)24(5)14(2)11-18-17-8-7-15-12-16(25)9-10-22(15,3)21(17)19(26)13-23(18,24)4;1-12-8-16-15-5-4-13-9-14(24)6-7-20(13,2)19(15)17(25)10-21(16,3)22(12,27)18(26)11-23/h9-10,12,14,17-19,21,26H,6-8,11,13H2,1-5H3;6-7,9,15-17,19,23,25,27H,1,4-5,8,10-11H2,2-3H3/t14-,17+,18+,19+,21-,22+,23+,24-;15-,16-,17-,19+,20-,21-,22-/m10/s1. The van der Waals surface area contributed by atoms with E-state index in [9.17, 15) is 39.6 Å². The summed E-state index contributed by atoms with van der Waals surface area (Å²) in [4.78, 5) is 49.3. The van der Waals surface area contributed by atoms with E-state index in [1.165, 1.54) is 5.57 Å². The van der Waals surface area contributed by atoms with Crippen molar-refractivity contribution in [2.45, 2.75) is 124 Å². The number of Topliss-reactive ketones (excluding diaryl/α,β-unsaturated/α-hetero) is 2. The van der Waals surface area contributed by atoms with Gasteiger partial charge in [-0.15, -0.1) is 0 Å². The number of fused-ring (bicyclic) bond motifs is 10. The molecule has 0 amide bonds. The zero-order valence-corrected chi connectivity index (χ0v) is 33.4. The van der Waals surface area contributed by atoms with Crippen molar-refractivity contribution in [1.29, 1.82) is 0 Å². The number of rotatable bonds is 4. The molecule has 4 N–H and O–H groups in total. The Balaban J connectivity index is 0.000000167. The number of carbonyl (C=O) groups excluding carboxylic acids is 4. The van der Waals surface area contributed by atoms with Crippen molar-refractivity contribution >= 4 is 23.1 Å². The summed E-state index contributed by atoms with van der Waals surface area (Å²) in [5.74, 6) is 1.20. The van der Waals surface area contributed by atoms with Gasteiger partial charge in [0.05, 0.1) is 12.2 Å². The molecule has 0 saturated heterocycles. The van der Waals surface area contributed by atoms with E-state index < -0.39 is 35.6 Å². The van der Waals surface area contributed by atoms with Crippen LogP contribution in [0.2, 0.25) is 0 Å². The average molecular weight is 743 g/mol. The zero-order chi connectivity index (χ0) is 39.6. The third-order valence-corrected chi connectivity index (χ3v) is 17.8. The van der Waals surface area contributed by atoms with Crippen molar-refractivity contribution in [3.8, 4) is 0 Å². The van der Waals surface area contributed by atoms with Crippen LogP contribution in [0.5, 0.6) is 0 Å². The van der Waals surface area contributed by atoms with Crippen molar-refractivity contribution in [2.75, 3.05) is 6.61 Å². The number of aliphatic hydroxyl groups excluding tert-OH is 3. The second-order valence-electron chi connectivity index (χ2n) is 19.6. The van der Waals surface area contributed by atoms with Crippen LogP contribution in [0.25, 0.3) is 0 Å². The largest absolute Gasteiger partial charge is 0.393 e. The van der Waals surface area contributed by atoms with Gasteiger partial charge < -0.3 is 20.4 Å². The van der Waals surface area contributed by atoms with Gasteiger partial charge in [0, 0.05) is 39.9 Å². The van der Waals surface area contributed by atoms with E-state index >= 15 is 0 Å². The van der Waals surface area contributed by atoms with Crippen molar-refractivity contribution in [3.05, 3.63) is 59.8 Å². The highest BCUT2D eigenvalue weighted by molar-refractivity contribution is 6.01. The molecular weight excluding hydrogens is 680 g/mol. The number of aliphatic hydroxyl groups is 4. The highest BCUT2D eigenvalue weighted by Gasteiger charge is 2.70. The molecule has 0 aromatic heterocycles. The maximum atomic E-state index is 13.1. The predicted octanol–water partition coefficient (Wildman–Crippen LogP) is 6.22. The Morgan fingerprint density at radius 1 is 0.796 bits per heavy atom. The van der Waals surface area contributed by atoms with Crippen molar-refractivity contribution in [3.63, 3.8) is 0 Å². The van der Waals surface area contributed by atoms with Gasteiger partial charge in [0.1, 0.15) is 12.4 Å². The van der Waals surface area contributed by atoms with Crippen molar-refractivity contribution in [1.82, 2.24) is 0 Å². The predicted molar refractivity (Wildman–Crippen MR) is 206 cm³/mol. The molecule has 8 aliphatic carbocycles. The fraction of sp³-hybridized carbons (Fsp3) is 0.696. The fourth-order valence-electron chi connectivity index (χ4n) is 14.8. The fourth-order valence-corrected chi connectivity index (χ4v) is 14.8. The van der Waals surface area contributed by atoms with Gasteiger partial charge in [0.25, 0.3) is 0 Å². The van der Waals surface area contributed by atoms with Gasteiger partial charge in [0.15, 0.2) is 23.0 Å². The minimum absolute atomic E-state index is 0.00306. The zero-order valence-electron chi connectivity index (χ0n) is 33.4. The molecule has 0 bridgehead atoms. The van der Waals surface area contributed by atoms with Gasteiger partial charge in [-0.05, 0) is 116 Å². The van der Waals surface area contributed by atoms with Crippen LogP contribution in [0.3, 0.4) is 0 Å². The summed E-state index contributed by atoms with van der Waals surface area (Å²) in [6.45, 7) is 18.1. The molecule has 0 radical (unpaired) electrons. The molecule has 6 saturated carbocycles. The Bertz CT molecular complexity index is 1800. The van der Waals surface area contributed by atoms with Gasteiger partial charge >= 0.3 is 0 Å². The first-order valence-corrected chi connectivity index (χ1v) is 20.5. The van der Waals surface area contributed by atoms with Crippen LogP contribution >= 0.6 is 0 Å². The van der Waals surface area contributed by atoms with Crippen LogP contribution in [0, 0.1) is 68.5 Å². The summed E-state index contributed by atoms with van der Waals surface area (Å²) < 4.78 is 0. The van der Waals surface area contributed by atoms with Crippen LogP contribution in [0.4, 0.5) is 0 Å². The normalized spacial score (nSPS) is 49.9. The second-order valence-corrected chi connectivity index (χ2v) is 19.6. The first-order chi connectivity index (χ1) is 25.2. The lowest BCUT2D eigenvalue weighted by Gasteiger charge is -2.60. The maximum absolute atomic E-state index is 13.1. The first kappa shape index (κ1) is 39.5. The lowest BCUT2D eigenvalue weighted by atomic mass is 9.44. The summed E-state index contributed by atoms with van der Waals surface area (Å²) in [6.07, 6.45) is 16.3. The van der Waals surface area contributed by atoms with E-state index in [1.54, 1.807) is 24.3 Å². The molecule has 15 atom stereocenters. The molecule has 0 unspecified atom stereocenters. The Morgan fingerprint density at radius 3 is 1.76 bits per heavy atom. The summed E-state index contributed by atoms with van der Waals surface area (Å²) in [7, 11) is 0. The summed E-state index contributed by atoms with van der Waals surface area (Å²) >= 11 is 0. The van der Waals surface area contributed by atoms with Gasteiger partial charge in [-0.25, -0.2) is 0 Å². The topological polar surface area (TPSA) is 149 Å². The number of ketones is 4. The van der Waals surface area contributed by atoms with Crippen molar-refractivity contribution < 1.29 is 39.6 Å². The lowest BCUT2D eigenvalue weighted by Crippen LogP contribution is -2.62. The van der Waals surface area contributed by atoms with Gasteiger partial charge in [-0.1, -0.05) is 78.3 Å². The number of allylic oxidation sites excluding steroid dienone is 8. The number of hydrogen-bond acceptors (Lipinski definition) is 8. The van der Waals surface area contributed by atoms with Crippen molar-refractivity contribution in [2.24, 2.45) is 68.5 Å². The van der Waals surface area contributed by atoms with E-state index in [1.807, 2.05) is 19.9 Å². The monoisotopic (exact) mass is 742 g/mol. The molecule has 6 fully saturated rings. The van der Waals surface area contributed by atoms with Crippen LogP contribution in [-0.2, 0) is 19.2 Å². The molecule has 294 valence electrons. The quantitative estimate of drug-likeness (QED) is 0.248. The molecule has 0 spiro atoms. The smallest absolute Gasteiger partial charge is 0.194 e. The molecule has 0 aromatic carbocycles. The highest BCUT2D eigenvalue weighted by atomic mass is 16.3. The summed E-state index contributed by atoms with van der Waals surface area (Å²) in [5.41, 5.74) is -1.06. The molecule has 0 aromatic rings. The number of hydrogen-bond donors (Lipinski definition) is 4. The molecule has 8 nitrogen and oxygen atoms in total. The summed E-state index contributed by atoms with van der Waals surface area (Å²) in [6, 6.07) is 0. The number of carbonyl (C=O) groups is 4. The molecule has 8 heteroatoms. The van der Waals surface area contributed by atoms with E-state index in [0.717, 1.165) is 37.7 Å². The van der Waals surface area contributed by atoms with Crippen LogP contribution < -0.4 is 0 Å². The molecular formula is C46H62O8. The lowest BCUT2D eigenvalue weighted by molar-refractivity contribution is -0.173. The van der Waals surface area contributed by atoms with E-state index in [2.05, 4.69) is 47.3 Å². The molecule has 8 aliphatic rings. The van der Waals surface area contributed by atoms with E-state index in [-0.39, 0.29) is 63.3 Å². The SMILES string of the molecule is C=C1C[C@H]2[C@@H]3CCC4=CC(=O)C=C[C@]4(C)[C@H]3[C@@H](O)C[C@]2(C)[C@@]1(O)C(=O)CO.CCC(=O)[C@@]1(C)[C@H](C)C[C@H]2[C@@H]3CCC4=CC(=O)C=C[C@]4(C)[C@H]3[C@@H](O)C[C@@]21C. The Morgan fingerprint density at radius 2 is 1.28 bits per heavy atom. The molecule has 0 aliphatic heterocycles. The molecule has 54 heavy (non-hydrogen) atoms. The highest BCUT2D eigenvalue weighted by Crippen LogP contribution is 2.72. The minimum Gasteiger partial charge on any atom is -0.393 e. The average Bonchev–Trinajstić information content (AvgIpc) is 3.46. The van der Waals surface area contributed by atoms with Gasteiger partial charge in [0.2, 0.25) is 0 Å². The Labute approximate surface area is 320 Å². The molecule has 0 heterocycles. The maximum Gasteiger partial charge on any atom is 0.194 e. The Kier molecular flexibility index (Phi) is 9.40. The first-order valence-electron chi connectivity index (χ1n) is 20.5. The van der Waals surface area contributed by atoms with E-state index in [0.29, 0.717) is 48.4 Å².